The number of rotatable bonds is 1. The van der Waals surface area contributed by atoms with Crippen molar-refractivity contribution in [3.63, 3.8) is 0 Å². The second-order valence-corrected chi connectivity index (χ2v) is 4.41. The smallest absolute Gasteiger partial charge is 0.195 e. The van der Waals surface area contributed by atoms with E-state index < -0.39 is 0 Å². The van der Waals surface area contributed by atoms with Crippen LogP contribution in [0.1, 0.15) is 21.5 Å². The first kappa shape index (κ1) is 10.4. The Kier molecular flexibility index (Phi) is 2.37. The van der Waals surface area contributed by atoms with Gasteiger partial charge >= 0.3 is 0 Å². The Bertz CT molecular complexity index is 626. The molecule has 0 heterocycles. The van der Waals surface area contributed by atoms with Crippen molar-refractivity contribution in [1.82, 2.24) is 0 Å². The summed E-state index contributed by atoms with van der Waals surface area (Å²) in [5.41, 5.74) is 3.31. The topological polar surface area (TPSA) is 17.1 Å². The Hall–Kier alpha value is -1.80. The zero-order valence-electron chi connectivity index (χ0n) is 9.05. The molecule has 0 unspecified atom stereocenters. The average molecular weight is 238 g/mol. The monoisotopic (exact) mass is 238 g/mol. The summed E-state index contributed by atoms with van der Waals surface area (Å²) in [7, 11) is 0. The number of benzene rings is 2. The highest BCUT2D eigenvalue weighted by Gasteiger charge is 2.27. The lowest BCUT2D eigenvalue weighted by atomic mass is 10.0. The van der Waals surface area contributed by atoms with Crippen LogP contribution in [-0.2, 0) is 0 Å². The molecule has 0 N–H and O–H groups in total. The highest BCUT2D eigenvalue weighted by molar-refractivity contribution is 7.91. The lowest BCUT2D eigenvalue weighted by Gasteiger charge is -2.01. The van der Waals surface area contributed by atoms with Crippen molar-refractivity contribution in [1.29, 1.82) is 0 Å². The van der Waals surface area contributed by atoms with Crippen LogP contribution in [0.25, 0.3) is 10.5 Å². The molecule has 0 aliphatic heterocycles. The van der Waals surface area contributed by atoms with Crippen LogP contribution in [0.2, 0.25) is 0 Å². The molecule has 17 heavy (non-hydrogen) atoms. The van der Waals surface area contributed by atoms with Crippen LogP contribution in [-0.4, -0.2) is 5.78 Å². The molecule has 3 rings (SSSR count). The van der Waals surface area contributed by atoms with Gasteiger partial charge in [0.05, 0.1) is 0 Å². The molecule has 0 fully saturated rings. The van der Waals surface area contributed by atoms with E-state index >= 15 is 0 Å². The van der Waals surface area contributed by atoms with Gasteiger partial charge in [-0.3, -0.25) is 4.79 Å². The molecule has 0 atom stereocenters. The van der Waals surface area contributed by atoms with Crippen LogP contribution < -0.4 is 0 Å². The van der Waals surface area contributed by atoms with Gasteiger partial charge in [-0.2, -0.15) is 0 Å². The molecule has 1 nitrogen and oxygen atoms in total. The summed E-state index contributed by atoms with van der Waals surface area (Å²) in [6.07, 6.45) is 0. The summed E-state index contributed by atoms with van der Waals surface area (Å²) in [6.45, 7) is 0. The maximum Gasteiger partial charge on any atom is 0.195 e. The van der Waals surface area contributed by atoms with Gasteiger partial charge in [0, 0.05) is 16.0 Å². The zero-order chi connectivity index (χ0) is 11.8. The predicted octanol–water partition coefficient (Wildman–Crippen LogP) is 3.68. The molecule has 1 aliphatic carbocycles. The molecule has 2 aromatic carbocycles. The fourth-order valence-electron chi connectivity index (χ4n) is 2.14. The number of carbonyl (C=O) groups excluding carboxylic acids is 1. The Morgan fingerprint density at radius 2 is 1.35 bits per heavy atom. The SMILES string of the molecule is O=C1C(c2ccccc2)=C(S)c2ccccc21. The number of hydrogen-bond donors (Lipinski definition) is 1. The van der Waals surface area contributed by atoms with E-state index in [0.717, 1.165) is 21.6 Å². The normalized spacial score (nSPS) is 14.1. The van der Waals surface area contributed by atoms with Gasteiger partial charge in [-0.15, -0.1) is 12.6 Å². The Labute approximate surface area is 105 Å². The molecule has 2 heteroatoms. The van der Waals surface area contributed by atoms with E-state index in [1.54, 1.807) is 0 Å². The third kappa shape index (κ3) is 1.53. The molecule has 82 valence electrons. The van der Waals surface area contributed by atoms with E-state index in [9.17, 15) is 4.79 Å². The number of ketones is 1. The summed E-state index contributed by atoms with van der Waals surface area (Å²) in [6, 6.07) is 17.3. The maximum absolute atomic E-state index is 12.3. The molecule has 2 aromatic rings. The third-order valence-electron chi connectivity index (χ3n) is 2.95. The first-order chi connectivity index (χ1) is 8.29. The van der Waals surface area contributed by atoms with Crippen LogP contribution in [0.4, 0.5) is 0 Å². The van der Waals surface area contributed by atoms with E-state index in [1.807, 2.05) is 54.6 Å². The van der Waals surface area contributed by atoms with Gasteiger partial charge < -0.3 is 0 Å². The number of hydrogen-bond acceptors (Lipinski definition) is 2. The van der Waals surface area contributed by atoms with E-state index in [4.69, 9.17) is 0 Å². The van der Waals surface area contributed by atoms with Gasteiger partial charge in [0.15, 0.2) is 5.78 Å². The molecule has 0 radical (unpaired) electrons. The van der Waals surface area contributed by atoms with Crippen molar-refractivity contribution in [3.8, 4) is 0 Å². The molecule has 0 bridgehead atoms. The summed E-state index contributed by atoms with van der Waals surface area (Å²) in [4.78, 5) is 13.1. The molecule has 0 spiro atoms. The quantitative estimate of drug-likeness (QED) is 0.750. The van der Waals surface area contributed by atoms with Gasteiger partial charge in [-0.05, 0) is 11.1 Å². The highest BCUT2D eigenvalue weighted by Crippen LogP contribution is 2.39. The summed E-state index contributed by atoms with van der Waals surface area (Å²) in [5.74, 6) is 0.0665. The van der Waals surface area contributed by atoms with Gasteiger partial charge in [-0.1, -0.05) is 54.6 Å². The fraction of sp³-hybridized carbons (Fsp3) is 0. The van der Waals surface area contributed by atoms with Crippen molar-refractivity contribution in [2.24, 2.45) is 0 Å². The third-order valence-corrected chi connectivity index (χ3v) is 3.42. The number of thiol groups is 1. The average Bonchev–Trinajstić information content (AvgIpc) is 2.64. The first-order valence-electron chi connectivity index (χ1n) is 5.42. The van der Waals surface area contributed by atoms with Gasteiger partial charge in [0.25, 0.3) is 0 Å². The molecule has 0 saturated carbocycles. The number of Topliss-reactive ketones (excluding diaryl/α,β-unsaturated/α-hetero) is 1. The van der Waals surface area contributed by atoms with E-state index in [0.29, 0.717) is 5.57 Å². The summed E-state index contributed by atoms with van der Waals surface area (Å²) < 4.78 is 0. The van der Waals surface area contributed by atoms with Crippen LogP contribution in [0.5, 0.6) is 0 Å². The van der Waals surface area contributed by atoms with Crippen LogP contribution in [0.15, 0.2) is 54.6 Å². The van der Waals surface area contributed by atoms with Crippen molar-refractivity contribution in [2.75, 3.05) is 0 Å². The van der Waals surface area contributed by atoms with E-state index in [-0.39, 0.29) is 5.78 Å². The van der Waals surface area contributed by atoms with Gasteiger partial charge in [0.1, 0.15) is 0 Å². The first-order valence-corrected chi connectivity index (χ1v) is 5.86. The van der Waals surface area contributed by atoms with Crippen molar-refractivity contribution in [3.05, 3.63) is 71.3 Å². The number of allylic oxidation sites excluding steroid dienone is 1. The maximum atomic E-state index is 12.3. The van der Waals surface area contributed by atoms with Crippen LogP contribution in [0, 0.1) is 0 Å². The van der Waals surface area contributed by atoms with Crippen molar-refractivity contribution in [2.45, 2.75) is 0 Å². The Balaban J connectivity index is 2.22. The molecule has 0 amide bonds. The number of carbonyl (C=O) groups is 1. The lowest BCUT2D eigenvalue weighted by molar-refractivity contribution is 0.105. The Morgan fingerprint density at radius 3 is 2.00 bits per heavy atom. The minimum absolute atomic E-state index is 0.0665. The minimum Gasteiger partial charge on any atom is -0.289 e. The molecule has 0 saturated heterocycles. The van der Waals surface area contributed by atoms with E-state index in [2.05, 4.69) is 12.6 Å². The lowest BCUT2D eigenvalue weighted by Crippen LogP contribution is -1.97. The molecular weight excluding hydrogens is 228 g/mol. The van der Waals surface area contributed by atoms with Crippen molar-refractivity contribution >= 4 is 28.9 Å². The molecule has 0 aromatic heterocycles. The van der Waals surface area contributed by atoms with E-state index in [1.165, 1.54) is 0 Å². The van der Waals surface area contributed by atoms with Crippen molar-refractivity contribution < 1.29 is 4.79 Å². The Morgan fingerprint density at radius 1 is 0.765 bits per heavy atom. The molecule has 1 aliphatic rings. The molecular formula is C15H10OS. The summed E-state index contributed by atoms with van der Waals surface area (Å²) in [5, 5.41) is 0. The van der Waals surface area contributed by atoms with Gasteiger partial charge in [0.2, 0.25) is 0 Å². The second kappa shape index (κ2) is 3.90. The largest absolute Gasteiger partial charge is 0.289 e. The minimum atomic E-state index is 0.0665. The highest BCUT2D eigenvalue weighted by atomic mass is 32.1. The predicted molar refractivity (Wildman–Crippen MR) is 73.0 cm³/mol. The summed E-state index contributed by atoms with van der Waals surface area (Å²) >= 11 is 4.50. The fourth-order valence-corrected chi connectivity index (χ4v) is 2.56. The van der Waals surface area contributed by atoms with Crippen LogP contribution >= 0.6 is 12.6 Å². The second-order valence-electron chi connectivity index (χ2n) is 3.96. The number of fused-ring (bicyclic) bond motifs is 1. The van der Waals surface area contributed by atoms with Crippen LogP contribution in [0.3, 0.4) is 0 Å². The zero-order valence-corrected chi connectivity index (χ0v) is 9.95. The van der Waals surface area contributed by atoms with Gasteiger partial charge in [-0.25, -0.2) is 0 Å². The standard InChI is InChI=1S/C15H10OS/c16-14-11-8-4-5-9-12(11)15(17)13(14)10-6-2-1-3-7-10/h1-9,17H.